The third-order valence-corrected chi connectivity index (χ3v) is 5.16. The highest BCUT2D eigenvalue weighted by Crippen LogP contribution is 2.29. The Labute approximate surface area is 224 Å². The number of nitrogens with zero attached hydrogens (tertiary/aromatic N) is 1. The summed E-state index contributed by atoms with van der Waals surface area (Å²) in [5.41, 5.74) is -0.229. The van der Waals surface area contributed by atoms with Gasteiger partial charge in [-0.25, -0.2) is 13.2 Å². The predicted octanol–water partition coefficient (Wildman–Crippen LogP) is 3.41. The summed E-state index contributed by atoms with van der Waals surface area (Å²) in [6.45, 7) is 8.24. The number of ether oxygens (including phenoxy) is 6. The minimum atomic E-state index is -2.35. The monoisotopic (exact) mass is 573 g/mol. The quantitative estimate of drug-likeness (QED) is 0.0621. The van der Waals surface area contributed by atoms with Gasteiger partial charge in [0.15, 0.2) is 0 Å². The second-order valence-electron chi connectivity index (χ2n) is 9.06. The summed E-state index contributed by atoms with van der Waals surface area (Å²) in [5.74, 6) is -14.1. The third-order valence-electron chi connectivity index (χ3n) is 5.16. The fourth-order valence-electron chi connectivity index (χ4n) is 2.68. The lowest BCUT2D eigenvalue weighted by atomic mass is 10.1. The van der Waals surface area contributed by atoms with Crippen molar-refractivity contribution in [2.24, 2.45) is 0 Å². The first-order valence-electron chi connectivity index (χ1n) is 12.2. The van der Waals surface area contributed by atoms with Gasteiger partial charge in [0.1, 0.15) is 0 Å². The predicted molar refractivity (Wildman–Crippen MR) is 128 cm³/mol. The zero-order valence-corrected chi connectivity index (χ0v) is 22.6. The van der Waals surface area contributed by atoms with Crippen LogP contribution < -0.4 is 4.74 Å². The molecule has 0 unspecified atom stereocenters. The summed E-state index contributed by atoms with van der Waals surface area (Å²) < 4.78 is 96.9. The van der Waals surface area contributed by atoms with Crippen LogP contribution in [0.1, 0.15) is 33.6 Å². The molecule has 0 fully saturated rings. The molecule has 0 aliphatic carbocycles. The highest BCUT2D eigenvalue weighted by molar-refractivity contribution is 5.76. The van der Waals surface area contributed by atoms with Crippen molar-refractivity contribution in [3.8, 4) is 5.75 Å². The Morgan fingerprint density at radius 1 is 0.590 bits per heavy atom. The molecule has 0 radical (unpaired) electrons. The Hall–Kier alpha value is -2.39. The van der Waals surface area contributed by atoms with E-state index in [1.54, 1.807) is 11.9 Å². The Kier molecular flexibility index (Phi) is 16.0. The first-order valence-corrected chi connectivity index (χ1v) is 12.2. The van der Waals surface area contributed by atoms with Gasteiger partial charge in [-0.05, 0) is 20.8 Å². The molecule has 39 heavy (non-hydrogen) atoms. The highest BCUT2D eigenvalue weighted by Gasteiger charge is 2.28. The minimum absolute atomic E-state index is 0.0158. The third kappa shape index (κ3) is 13.0. The molecule has 1 amide bonds. The zero-order valence-electron chi connectivity index (χ0n) is 22.6. The number of rotatable bonds is 19. The standard InChI is InChI=1S/C25H36F5NO8/c1-25(2,3)31(4)17(32)5-7-34-9-11-36-13-15-38-16-14-37-12-10-35-8-6-18(33)39-24-22(29)20(27)19(26)21(28)23(24)30/h5-16H2,1-4H3. The van der Waals surface area contributed by atoms with Crippen LogP contribution in [0.25, 0.3) is 0 Å². The fourth-order valence-corrected chi connectivity index (χ4v) is 2.68. The van der Waals surface area contributed by atoms with E-state index >= 15 is 0 Å². The second kappa shape index (κ2) is 18.1. The van der Waals surface area contributed by atoms with Crippen molar-refractivity contribution in [3.05, 3.63) is 29.1 Å². The highest BCUT2D eigenvalue weighted by atomic mass is 19.2. The maximum atomic E-state index is 13.5. The van der Waals surface area contributed by atoms with E-state index in [-0.39, 0.29) is 37.9 Å². The molecule has 1 rings (SSSR count). The molecule has 0 saturated heterocycles. The van der Waals surface area contributed by atoms with Crippen LogP contribution in [0.5, 0.6) is 5.75 Å². The van der Waals surface area contributed by atoms with Crippen LogP contribution in [-0.4, -0.2) is 95.4 Å². The first-order chi connectivity index (χ1) is 18.4. The number of halogens is 5. The van der Waals surface area contributed by atoms with Gasteiger partial charge in [-0.3, -0.25) is 9.59 Å². The summed E-state index contributed by atoms with van der Waals surface area (Å²) >= 11 is 0. The van der Waals surface area contributed by atoms with Gasteiger partial charge in [-0.2, -0.15) is 8.78 Å². The number of carbonyl (C=O) groups excluding carboxylic acids is 2. The maximum absolute atomic E-state index is 13.5. The van der Waals surface area contributed by atoms with E-state index in [0.29, 0.717) is 46.1 Å². The molecule has 0 saturated carbocycles. The largest absolute Gasteiger partial charge is 0.420 e. The lowest BCUT2D eigenvalue weighted by molar-refractivity contribution is -0.136. The summed E-state index contributed by atoms with van der Waals surface area (Å²) in [5, 5.41) is 0. The Bertz CT molecular complexity index is 884. The van der Waals surface area contributed by atoms with Crippen molar-refractivity contribution in [2.75, 3.05) is 73.1 Å². The van der Waals surface area contributed by atoms with Gasteiger partial charge >= 0.3 is 5.97 Å². The van der Waals surface area contributed by atoms with E-state index in [4.69, 9.17) is 23.7 Å². The van der Waals surface area contributed by atoms with Crippen molar-refractivity contribution in [1.82, 2.24) is 4.90 Å². The first kappa shape index (κ1) is 34.6. The van der Waals surface area contributed by atoms with Crippen molar-refractivity contribution >= 4 is 11.9 Å². The van der Waals surface area contributed by atoms with Crippen LogP contribution in [0.3, 0.4) is 0 Å². The molecule has 0 spiro atoms. The number of carbonyl (C=O) groups is 2. The Balaban J connectivity index is 1.95. The second-order valence-corrected chi connectivity index (χ2v) is 9.06. The van der Waals surface area contributed by atoms with Gasteiger partial charge in [0.05, 0.1) is 78.9 Å². The van der Waals surface area contributed by atoms with Crippen LogP contribution in [0.2, 0.25) is 0 Å². The van der Waals surface area contributed by atoms with Gasteiger partial charge in [-0.1, -0.05) is 0 Å². The molecular formula is C25H36F5NO8. The molecule has 0 aliphatic rings. The molecule has 9 nitrogen and oxygen atoms in total. The summed E-state index contributed by atoms with van der Waals surface area (Å²) in [6.07, 6.45) is -0.181. The fraction of sp³-hybridized carbons (Fsp3) is 0.680. The van der Waals surface area contributed by atoms with E-state index in [2.05, 4.69) is 4.74 Å². The van der Waals surface area contributed by atoms with Gasteiger partial charge in [0, 0.05) is 12.6 Å². The molecule has 1 aromatic carbocycles. The van der Waals surface area contributed by atoms with Gasteiger partial charge in [0.25, 0.3) is 0 Å². The minimum Gasteiger partial charge on any atom is -0.420 e. The van der Waals surface area contributed by atoms with Crippen molar-refractivity contribution in [1.29, 1.82) is 0 Å². The number of hydrogen-bond acceptors (Lipinski definition) is 8. The molecule has 1 aromatic rings. The lowest BCUT2D eigenvalue weighted by Crippen LogP contribution is -2.42. The van der Waals surface area contributed by atoms with Crippen LogP contribution in [0, 0.1) is 29.1 Å². The summed E-state index contributed by atoms with van der Waals surface area (Å²) in [6, 6.07) is 0. The lowest BCUT2D eigenvalue weighted by Gasteiger charge is -2.32. The van der Waals surface area contributed by atoms with E-state index in [0.717, 1.165) is 0 Å². The molecule has 0 aliphatic heterocycles. The number of benzene rings is 1. The SMILES string of the molecule is CN(C(=O)CCOCCOCCOCCOCCOCCC(=O)Oc1c(F)c(F)c(F)c(F)c1F)C(C)(C)C. The zero-order chi connectivity index (χ0) is 29.4. The van der Waals surface area contributed by atoms with E-state index in [1.807, 2.05) is 20.8 Å². The molecule has 0 heterocycles. The summed E-state index contributed by atoms with van der Waals surface area (Å²) in [7, 11) is 1.76. The number of esters is 1. The summed E-state index contributed by atoms with van der Waals surface area (Å²) in [4.78, 5) is 25.3. The number of hydrogen-bond donors (Lipinski definition) is 0. The number of amides is 1. The van der Waals surface area contributed by atoms with Crippen LogP contribution in [0.4, 0.5) is 22.0 Å². The van der Waals surface area contributed by atoms with Gasteiger partial charge < -0.3 is 33.3 Å². The molecule has 224 valence electrons. The van der Waals surface area contributed by atoms with Gasteiger partial charge in [-0.15, -0.1) is 0 Å². The Morgan fingerprint density at radius 2 is 0.923 bits per heavy atom. The van der Waals surface area contributed by atoms with E-state index < -0.39 is 47.2 Å². The van der Waals surface area contributed by atoms with Gasteiger partial charge in [0.2, 0.25) is 40.7 Å². The molecule has 14 heteroatoms. The van der Waals surface area contributed by atoms with Crippen LogP contribution in [-0.2, 0) is 33.3 Å². The maximum Gasteiger partial charge on any atom is 0.313 e. The van der Waals surface area contributed by atoms with E-state index in [1.165, 1.54) is 0 Å². The average Bonchev–Trinajstić information content (AvgIpc) is 2.89. The van der Waals surface area contributed by atoms with Crippen LogP contribution in [0.15, 0.2) is 0 Å². The smallest absolute Gasteiger partial charge is 0.313 e. The Morgan fingerprint density at radius 3 is 1.31 bits per heavy atom. The van der Waals surface area contributed by atoms with Crippen molar-refractivity contribution in [2.45, 2.75) is 39.2 Å². The van der Waals surface area contributed by atoms with Crippen molar-refractivity contribution in [3.63, 3.8) is 0 Å². The molecule has 0 atom stereocenters. The molecule has 0 bridgehead atoms. The van der Waals surface area contributed by atoms with Crippen LogP contribution >= 0.6 is 0 Å². The molecule has 0 N–H and O–H groups in total. The van der Waals surface area contributed by atoms with E-state index in [9.17, 15) is 31.5 Å². The van der Waals surface area contributed by atoms with Crippen molar-refractivity contribution < 1.29 is 60.0 Å². The molecular weight excluding hydrogens is 537 g/mol. The topological polar surface area (TPSA) is 92.8 Å². The normalized spacial score (nSPS) is 11.6. The molecule has 0 aromatic heterocycles. The average molecular weight is 574 g/mol.